The molecule has 84 valence electrons. The monoisotopic (exact) mass is 272 g/mol. The Bertz CT molecular complexity index is 507. The van der Waals surface area contributed by atoms with Gasteiger partial charge < -0.3 is 5.11 Å². The summed E-state index contributed by atoms with van der Waals surface area (Å²) in [6.07, 6.45) is -0.712. The van der Waals surface area contributed by atoms with Gasteiger partial charge in [0.25, 0.3) is 0 Å². The van der Waals surface area contributed by atoms with Crippen LogP contribution >= 0.6 is 34.5 Å². The summed E-state index contributed by atoms with van der Waals surface area (Å²) in [5.41, 5.74) is 1.50. The number of hydrogen-bond acceptors (Lipinski definition) is 2. The molecule has 0 saturated carbocycles. The Balaban J connectivity index is 2.40. The summed E-state index contributed by atoms with van der Waals surface area (Å²) in [6.45, 7) is 2.00. The Morgan fingerprint density at radius 3 is 2.62 bits per heavy atom. The van der Waals surface area contributed by atoms with E-state index in [0.29, 0.717) is 15.6 Å². The molecule has 2 aromatic rings. The molecule has 1 aromatic heterocycles. The molecule has 0 fully saturated rings. The van der Waals surface area contributed by atoms with Crippen molar-refractivity contribution in [3.63, 3.8) is 0 Å². The maximum atomic E-state index is 10.2. The van der Waals surface area contributed by atoms with Crippen LogP contribution in [0.15, 0.2) is 29.6 Å². The molecule has 0 aliphatic carbocycles. The van der Waals surface area contributed by atoms with Crippen molar-refractivity contribution in [3.8, 4) is 0 Å². The molecule has 0 amide bonds. The van der Waals surface area contributed by atoms with Crippen LogP contribution in [0.25, 0.3) is 0 Å². The molecule has 1 aromatic carbocycles. The Labute approximate surface area is 108 Å². The van der Waals surface area contributed by atoms with E-state index in [9.17, 15) is 5.11 Å². The molecule has 0 bridgehead atoms. The number of aliphatic hydroxyl groups is 1. The molecule has 0 radical (unpaired) electrons. The van der Waals surface area contributed by atoms with Crippen LogP contribution in [0.1, 0.15) is 22.1 Å². The average Bonchev–Trinajstić information content (AvgIpc) is 2.67. The second kappa shape index (κ2) is 4.76. The van der Waals surface area contributed by atoms with E-state index < -0.39 is 6.10 Å². The summed E-state index contributed by atoms with van der Waals surface area (Å²) in [7, 11) is 0. The van der Waals surface area contributed by atoms with Gasteiger partial charge in [-0.1, -0.05) is 23.2 Å². The van der Waals surface area contributed by atoms with E-state index in [1.807, 2.05) is 18.4 Å². The van der Waals surface area contributed by atoms with Crippen LogP contribution in [0, 0.1) is 6.92 Å². The topological polar surface area (TPSA) is 20.2 Å². The highest BCUT2D eigenvalue weighted by atomic mass is 35.5. The predicted molar refractivity (Wildman–Crippen MR) is 69.6 cm³/mol. The molecule has 1 heterocycles. The molecular weight excluding hydrogens is 263 g/mol. The first-order valence-corrected chi connectivity index (χ1v) is 6.39. The van der Waals surface area contributed by atoms with Crippen LogP contribution in [0.2, 0.25) is 10.0 Å². The van der Waals surface area contributed by atoms with Gasteiger partial charge in [-0.3, -0.25) is 0 Å². The summed E-state index contributed by atoms with van der Waals surface area (Å²) in [5, 5.41) is 13.2. The van der Waals surface area contributed by atoms with Crippen LogP contribution in [-0.4, -0.2) is 5.11 Å². The second-order valence-corrected chi connectivity index (χ2v) is 5.52. The van der Waals surface area contributed by atoms with Crippen molar-refractivity contribution in [2.45, 2.75) is 13.0 Å². The fraction of sp³-hybridized carbons (Fsp3) is 0.167. The van der Waals surface area contributed by atoms with Crippen LogP contribution in [0.5, 0.6) is 0 Å². The molecule has 1 atom stereocenters. The van der Waals surface area contributed by atoms with Crippen molar-refractivity contribution in [1.29, 1.82) is 0 Å². The minimum absolute atomic E-state index is 0.528. The molecule has 16 heavy (non-hydrogen) atoms. The molecule has 1 N–H and O–H groups in total. The zero-order valence-corrected chi connectivity index (χ0v) is 10.9. The van der Waals surface area contributed by atoms with Gasteiger partial charge in [0.05, 0.1) is 0 Å². The van der Waals surface area contributed by atoms with Crippen LogP contribution in [-0.2, 0) is 0 Å². The fourth-order valence-electron chi connectivity index (χ4n) is 1.51. The SMILES string of the molecule is Cc1cc(C(O)c2cc(Cl)ccc2Cl)cs1. The lowest BCUT2D eigenvalue weighted by atomic mass is 10.0. The number of benzene rings is 1. The van der Waals surface area contributed by atoms with E-state index in [4.69, 9.17) is 23.2 Å². The Kier molecular flexibility index (Phi) is 3.55. The number of thiophene rings is 1. The van der Waals surface area contributed by atoms with Crippen molar-refractivity contribution in [1.82, 2.24) is 0 Å². The molecule has 0 spiro atoms. The number of halogens is 2. The number of aryl methyl sites for hydroxylation is 1. The summed E-state index contributed by atoms with van der Waals surface area (Å²) < 4.78 is 0. The third-order valence-electron chi connectivity index (χ3n) is 2.32. The predicted octanol–water partition coefficient (Wildman–Crippen LogP) is 4.45. The van der Waals surface area contributed by atoms with E-state index in [2.05, 4.69) is 0 Å². The number of rotatable bonds is 2. The van der Waals surface area contributed by atoms with Gasteiger partial charge in [0.2, 0.25) is 0 Å². The van der Waals surface area contributed by atoms with Gasteiger partial charge in [0.1, 0.15) is 6.10 Å². The van der Waals surface area contributed by atoms with Crippen molar-refractivity contribution >= 4 is 34.5 Å². The van der Waals surface area contributed by atoms with Crippen molar-refractivity contribution in [3.05, 3.63) is 55.7 Å². The fourth-order valence-corrected chi connectivity index (χ4v) is 2.64. The third kappa shape index (κ3) is 2.41. The molecule has 1 nitrogen and oxygen atoms in total. The number of aliphatic hydroxyl groups excluding tert-OH is 1. The molecule has 0 aliphatic heterocycles. The zero-order chi connectivity index (χ0) is 11.7. The quantitative estimate of drug-likeness (QED) is 0.857. The first-order valence-electron chi connectivity index (χ1n) is 4.76. The second-order valence-electron chi connectivity index (χ2n) is 3.56. The van der Waals surface area contributed by atoms with Gasteiger partial charge in [-0.05, 0) is 42.1 Å². The van der Waals surface area contributed by atoms with Gasteiger partial charge in [0, 0.05) is 20.5 Å². The highest BCUT2D eigenvalue weighted by Crippen LogP contribution is 2.32. The standard InChI is InChI=1S/C12H10Cl2OS/c1-7-4-8(6-16-7)12(15)10-5-9(13)2-3-11(10)14/h2-6,12,15H,1H3. The lowest BCUT2D eigenvalue weighted by Gasteiger charge is -2.11. The number of hydrogen-bond donors (Lipinski definition) is 1. The lowest BCUT2D eigenvalue weighted by Crippen LogP contribution is -1.98. The zero-order valence-electron chi connectivity index (χ0n) is 8.58. The van der Waals surface area contributed by atoms with E-state index in [1.54, 1.807) is 29.5 Å². The summed E-state index contributed by atoms with van der Waals surface area (Å²) >= 11 is 13.5. The maximum absolute atomic E-state index is 10.2. The summed E-state index contributed by atoms with van der Waals surface area (Å²) in [6, 6.07) is 7.05. The third-order valence-corrected chi connectivity index (χ3v) is 3.78. The van der Waals surface area contributed by atoms with Gasteiger partial charge >= 0.3 is 0 Å². The van der Waals surface area contributed by atoms with Crippen molar-refractivity contribution in [2.24, 2.45) is 0 Å². The smallest absolute Gasteiger partial charge is 0.106 e. The van der Waals surface area contributed by atoms with Gasteiger partial charge in [-0.25, -0.2) is 0 Å². The van der Waals surface area contributed by atoms with Gasteiger partial charge in [-0.15, -0.1) is 11.3 Å². The summed E-state index contributed by atoms with van der Waals surface area (Å²) in [4.78, 5) is 1.16. The Morgan fingerprint density at radius 2 is 2.00 bits per heavy atom. The van der Waals surface area contributed by atoms with Crippen molar-refractivity contribution < 1.29 is 5.11 Å². The van der Waals surface area contributed by atoms with Crippen LogP contribution in [0.4, 0.5) is 0 Å². The lowest BCUT2D eigenvalue weighted by molar-refractivity contribution is 0.221. The average molecular weight is 273 g/mol. The van der Waals surface area contributed by atoms with E-state index in [1.165, 1.54) is 0 Å². The van der Waals surface area contributed by atoms with Crippen LogP contribution in [0.3, 0.4) is 0 Å². The molecule has 4 heteroatoms. The van der Waals surface area contributed by atoms with E-state index >= 15 is 0 Å². The van der Waals surface area contributed by atoms with E-state index in [-0.39, 0.29) is 0 Å². The molecule has 0 saturated heterocycles. The van der Waals surface area contributed by atoms with Gasteiger partial charge in [0.15, 0.2) is 0 Å². The molecular formula is C12H10Cl2OS. The molecule has 2 rings (SSSR count). The normalized spacial score (nSPS) is 12.8. The Hall–Kier alpha value is -0.540. The minimum Gasteiger partial charge on any atom is -0.384 e. The highest BCUT2D eigenvalue weighted by molar-refractivity contribution is 7.10. The Morgan fingerprint density at radius 1 is 1.25 bits per heavy atom. The summed E-state index contributed by atoms with van der Waals surface area (Å²) in [5.74, 6) is 0. The molecule has 1 unspecified atom stereocenters. The minimum atomic E-state index is -0.712. The maximum Gasteiger partial charge on any atom is 0.106 e. The largest absolute Gasteiger partial charge is 0.384 e. The van der Waals surface area contributed by atoms with Crippen LogP contribution < -0.4 is 0 Å². The highest BCUT2D eigenvalue weighted by Gasteiger charge is 2.15. The van der Waals surface area contributed by atoms with Gasteiger partial charge in [-0.2, -0.15) is 0 Å². The molecule has 0 aliphatic rings. The first-order chi connectivity index (χ1) is 7.58. The van der Waals surface area contributed by atoms with Crippen molar-refractivity contribution in [2.75, 3.05) is 0 Å². The van der Waals surface area contributed by atoms with E-state index in [0.717, 1.165) is 10.4 Å². The first kappa shape index (κ1) is 11.9.